The largest absolute Gasteiger partial charge is 0.396 e. The summed E-state index contributed by atoms with van der Waals surface area (Å²) in [7, 11) is 0. The first-order valence-electron chi connectivity index (χ1n) is 6.02. The Morgan fingerprint density at radius 2 is 2.18 bits per heavy atom. The van der Waals surface area contributed by atoms with E-state index in [1.165, 1.54) is 0 Å². The van der Waals surface area contributed by atoms with E-state index >= 15 is 0 Å². The Hall–Kier alpha value is -0.680. The van der Waals surface area contributed by atoms with E-state index in [9.17, 15) is 5.11 Å². The number of halogens is 1. The molecule has 1 aromatic rings. The van der Waals surface area contributed by atoms with Crippen LogP contribution in [0, 0.1) is 5.41 Å². The fraction of sp³-hybridized carbons (Fsp3) is 0.667. The van der Waals surface area contributed by atoms with Crippen LogP contribution < -0.4 is 4.90 Å². The molecule has 0 aliphatic carbocycles. The lowest BCUT2D eigenvalue weighted by molar-refractivity contribution is 0.101. The topological polar surface area (TPSA) is 49.2 Å². The highest BCUT2D eigenvalue weighted by atomic mass is 79.9. The van der Waals surface area contributed by atoms with Crippen molar-refractivity contribution in [1.82, 2.24) is 9.97 Å². The first kappa shape index (κ1) is 12.8. The molecule has 1 fully saturated rings. The highest BCUT2D eigenvalue weighted by molar-refractivity contribution is 9.10. The van der Waals surface area contributed by atoms with Crippen molar-refractivity contribution in [3.05, 3.63) is 16.9 Å². The number of piperidine rings is 1. The van der Waals surface area contributed by atoms with E-state index in [-0.39, 0.29) is 12.0 Å². The molecule has 1 N–H and O–H groups in total. The zero-order valence-corrected chi connectivity index (χ0v) is 11.7. The van der Waals surface area contributed by atoms with Crippen molar-refractivity contribution in [3.63, 3.8) is 0 Å². The molecule has 2 heterocycles. The van der Waals surface area contributed by atoms with Gasteiger partial charge in [-0.3, -0.25) is 0 Å². The SMILES string of the molecule is CC[C@@]1(CO)CCCN(c2ncc(Br)cn2)C1. The van der Waals surface area contributed by atoms with Crippen molar-refractivity contribution in [1.29, 1.82) is 0 Å². The van der Waals surface area contributed by atoms with Crippen molar-refractivity contribution >= 4 is 21.9 Å². The summed E-state index contributed by atoms with van der Waals surface area (Å²) < 4.78 is 0.891. The van der Waals surface area contributed by atoms with Crippen LogP contribution in [0.1, 0.15) is 26.2 Å². The van der Waals surface area contributed by atoms with Crippen molar-refractivity contribution in [2.24, 2.45) is 5.41 Å². The van der Waals surface area contributed by atoms with Gasteiger partial charge in [0.2, 0.25) is 5.95 Å². The normalized spacial score (nSPS) is 25.0. The Labute approximate surface area is 110 Å². The lowest BCUT2D eigenvalue weighted by atomic mass is 9.78. The Morgan fingerprint density at radius 3 is 2.76 bits per heavy atom. The maximum atomic E-state index is 9.58. The van der Waals surface area contributed by atoms with E-state index in [4.69, 9.17) is 0 Å². The molecule has 5 heteroatoms. The number of hydrogen-bond donors (Lipinski definition) is 1. The van der Waals surface area contributed by atoms with Gasteiger partial charge in [-0.05, 0) is 35.2 Å². The molecule has 0 spiro atoms. The summed E-state index contributed by atoms with van der Waals surface area (Å²) in [5.41, 5.74) is 0.0225. The zero-order valence-electron chi connectivity index (χ0n) is 10.1. The number of aliphatic hydroxyl groups is 1. The number of anilines is 1. The van der Waals surface area contributed by atoms with E-state index < -0.39 is 0 Å². The third kappa shape index (κ3) is 2.77. The minimum atomic E-state index is 0.0225. The summed E-state index contributed by atoms with van der Waals surface area (Å²) in [4.78, 5) is 10.8. The van der Waals surface area contributed by atoms with Crippen LogP contribution in [0.3, 0.4) is 0 Å². The lowest BCUT2D eigenvalue weighted by Gasteiger charge is -2.41. The van der Waals surface area contributed by atoms with E-state index in [1.54, 1.807) is 12.4 Å². The first-order chi connectivity index (χ1) is 8.19. The monoisotopic (exact) mass is 299 g/mol. The number of aliphatic hydroxyl groups excluding tert-OH is 1. The van der Waals surface area contributed by atoms with Crippen LogP contribution >= 0.6 is 15.9 Å². The predicted molar refractivity (Wildman–Crippen MR) is 71.0 cm³/mol. The van der Waals surface area contributed by atoms with E-state index in [0.29, 0.717) is 0 Å². The summed E-state index contributed by atoms with van der Waals surface area (Å²) in [6.07, 6.45) is 6.71. The Balaban J connectivity index is 2.14. The Kier molecular flexibility index (Phi) is 3.99. The molecule has 1 aliphatic heterocycles. The maximum absolute atomic E-state index is 9.58. The molecule has 0 amide bonds. The Morgan fingerprint density at radius 1 is 1.47 bits per heavy atom. The van der Waals surface area contributed by atoms with Crippen LogP contribution in [0.4, 0.5) is 5.95 Å². The third-order valence-corrected chi connectivity index (χ3v) is 4.05. The van der Waals surface area contributed by atoms with Crippen LogP contribution in [0.5, 0.6) is 0 Å². The smallest absolute Gasteiger partial charge is 0.225 e. The molecule has 1 aromatic heterocycles. The average Bonchev–Trinajstić information content (AvgIpc) is 2.39. The van der Waals surface area contributed by atoms with Gasteiger partial charge in [0.05, 0.1) is 11.1 Å². The van der Waals surface area contributed by atoms with Gasteiger partial charge >= 0.3 is 0 Å². The van der Waals surface area contributed by atoms with Gasteiger partial charge in [0.25, 0.3) is 0 Å². The summed E-state index contributed by atoms with van der Waals surface area (Å²) in [5.74, 6) is 0.763. The summed E-state index contributed by atoms with van der Waals surface area (Å²) in [5, 5.41) is 9.58. The summed E-state index contributed by atoms with van der Waals surface area (Å²) in [6, 6.07) is 0. The van der Waals surface area contributed by atoms with Crippen molar-refractivity contribution < 1.29 is 5.11 Å². The van der Waals surface area contributed by atoms with Gasteiger partial charge in [0.1, 0.15) is 0 Å². The van der Waals surface area contributed by atoms with Gasteiger partial charge in [-0.2, -0.15) is 0 Å². The van der Waals surface area contributed by atoms with Gasteiger partial charge < -0.3 is 10.0 Å². The van der Waals surface area contributed by atoms with Gasteiger partial charge in [-0.25, -0.2) is 9.97 Å². The van der Waals surface area contributed by atoms with Crippen molar-refractivity contribution in [2.75, 3.05) is 24.6 Å². The molecule has 4 nitrogen and oxygen atoms in total. The molecular formula is C12H18BrN3O. The molecule has 0 bridgehead atoms. The fourth-order valence-electron chi connectivity index (χ4n) is 2.38. The minimum absolute atomic E-state index is 0.0225. The highest BCUT2D eigenvalue weighted by Gasteiger charge is 2.34. The third-order valence-electron chi connectivity index (χ3n) is 3.64. The molecule has 17 heavy (non-hydrogen) atoms. The molecule has 0 saturated carbocycles. The maximum Gasteiger partial charge on any atom is 0.225 e. The first-order valence-corrected chi connectivity index (χ1v) is 6.82. The van der Waals surface area contributed by atoms with Crippen molar-refractivity contribution in [2.45, 2.75) is 26.2 Å². The van der Waals surface area contributed by atoms with Gasteiger partial charge in [0.15, 0.2) is 0 Å². The van der Waals surface area contributed by atoms with Crippen LogP contribution in [-0.2, 0) is 0 Å². The summed E-state index contributed by atoms with van der Waals surface area (Å²) >= 11 is 3.34. The average molecular weight is 300 g/mol. The number of rotatable bonds is 3. The van der Waals surface area contributed by atoms with Crippen LogP contribution in [-0.4, -0.2) is 34.8 Å². The molecule has 94 valence electrons. The predicted octanol–water partition coefficient (Wildman–Crippen LogP) is 2.23. The molecule has 0 radical (unpaired) electrons. The van der Waals surface area contributed by atoms with E-state index in [2.05, 4.69) is 37.7 Å². The van der Waals surface area contributed by atoms with Gasteiger partial charge in [-0.15, -0.1) is 0 Å². The van der Waals surface area contributed by atoms with E-state index in [0.717, 1.165) is 42.8 Å². The number of hydrogen-bond acceptors (Lipinski definition) is 4. The molecule has 1 aliphatic rings. The number of nitrogens with zero attached hydrogens (tertiary/aromatic N) is 3. The molecule has 2 rings (SSSR count). The highest BCUT2D eigenvalue weighted by Crippen LogP contribution is 2.33. The second-order valence-electron chi connectivity index (χ2n) is 4.74. The summed E-state index contributed by atoms with van der Waals surface area (Å²) in [6.45, 7) is 4.21. The van der Waals surface area contributed by atoms with E-state index in [1.807, 2.05) is 0 Å². The van der Waals surface area contributed by atoms with Gasteiger partial charge in [-0.1, -0.05) is 6.92 Å². The molecule has 0 aromatic carbocycles. The zero-order chi connectivity index (χ0) is 12.3. The standard InChI is InChI=1S/C12H18BrN3O/c1-2-12(9-17)4-3-5-16(8-12)11-14-6-10(13)7-15-11/h6-7,17H,2-5,8-9H2,1H3/t12-/m1/s1. The fourth-order valence-corrected chi connectivity index (χ4v) is 2.58. The second-order valence-corrected chi connectivity index (χ2v) is 5.65. The number of aromatic nitrogens is 2. The van der Waals surface area contributed by atoms with Crippen LogP contribution in [0.15, 0.2) is 16.9 Å². The lowest BCUT2D eigenvalue weighted by Crippen LogP contribution is -2.45. The van der Waals surface area contributed by atoms with Crippen LogP contribution in [0.2, 0.25) is 0 Å². The van der Waals surface area contributed by atoms with Crippen molar-refractivity contribution in [3.8, 4) is 0 Å². The van der Waals surface area contributed by atoms with Gasteiger partial charge in [0, 0.05) is 30.9 Å². The Bertz CT molecular complexity index is 365. The minimum Gasteiger partial charge on any atom is -0.396 e. The molecular weight excluding hydrogens is 282 g/mol. The second kappa shape index (κ2) is 5.31. The quantitative estimate of drug-likeness (QED) is 0.930. The van der Waals surface area contributed by atoms with Crippen LogP contribution in [0.25, 0.3) is 0 Å². The molecule has 1 saturated heterocycles. The molecule has 0 unspecified atom stereocenters. The molecule has 1 atom stereocenters.